The summed E-state index contributed by atoms with van der Waals surface area (Å²) in [6.45, 7) is 0.846. The molecule has 0 aromatic heterocycles. The Hall–Kier alpha value is -1.00. The lowest BCUT2D eigenvalue weighted by Crippen LogP contribution is -2.24. The molecule has 1 unspecified atom stereocenters. The van der Waals surface area contributed by atoms with Crippen molar-refractivity contribution in [1.82, 2.24) is 5.32 Å². The lowest BCUT2D eigenvalue weighted by atomic mass is 10.0. The van der Waals surface area contributed by atoms with Gasteiger partial charge in [0.25, 0.3) is 0 Å². The Morgan fingerprint density at radius 3 is 2.81 bits per heavy atom. The van der Waals surface area contributed by atoms with Crippen LogP contribution in [0, 0.1) is 0 Å². The summed E-state index contributed by atoms with van der Waals surface area (Å²) in [5.74, 6) is 1.12. The van der Waals surface area contributed by atoms with Crippen molar-refractivity contribution >= 4 is 23.4 Å². The number of aliphatic hydroxyl groups is 1. The molecule has 1 aliphatic rings. The second kappa shape index (κ2) is 6.84. The molecular weight excluding hydrogens is 302 g/mol. The maximum absolute atomic E-state index is 9.40. The van der Waals surface area contributed by atoms with Crippen LogP contribution in [-0.2, 0) is 13.2 Å². The first-order chi connectivity index (χ1) is 10.3. The molecule has 1 heterocycles. The third kappa shape index (κ3) is 3.43. The molecule has 2 nitrogen and oxygen atoms in total. The maximum Gasteiger partial charge on any atom is 0.0685 e. The maximum atomic E-state index is 9.40. The first-order valence-electron chi connectivity index (χ1n) is 7.11. The van der Waals surface area contributed by atoms with Gasteiger partial charge in [0.2, 0.25) is 0 Å². The number of nitrogens with one attached hydrogen (secondary N) is 1. The largest absolute Gasteiger partial charge is 0.392 e. The van der Waals surface area contributed by atoms with Crippen LogP contribution in [0.2, 0.25) is 5.02 Å². The number of rotatable bonds is 4. The van der Waals surface area contributed by atoms with Gasteiger partial charge in [-0.1, -0.05) is 35.9 Å². The Kier molecular flexibility index (Phi) is 4.86. The van der Waals surface area contributed by atoms with Gasteiger partial charge < -0.3 is 10.4 Å². The van der Waals surface area contributed by atoms with Gasteiger partial charge in [0, 0.05) is 22.5 Å². The minimum absolute atomic E-state index is 0.0841. The molecule has 110 valence electrons. The van der Waals surface area contributed by atoms with Crippen molar-refractivity contribution in [3.05, 3.63) is 64.2 Å². The van der Waals surface area contributed by atoms with Crippen LogP contribution >= 0.6 is 23.4 Å². The quantitative estimate of drug-likeness (QED) is 0.887. The monoisotopic (exact) mass is 319 g/mol. The summed E-state index contributed by atoms with van der Waals surface area (Å²) in [5.41, 5.74) is 3.43. The predicted molar refractivity (Wildman–Crippen MR) is 88.7 cm³/mol. The summed E-state index contributed by atoms with van der Waals surface area (Å²) in [6.07, 6.45) is 1.10. The van der Waals surface area contributed by atoms with Gasteiger partial charge in [0.05, 0.1) is 6.61 Å². The van der Waals surface area contributed by atoms with E-state index in [0.29, 0.717) is 6.04 Å². The number of benzene rings is 2. The third-order valence-corrected chi connectivity index (χ3v) is 5.20. The van der Waals surface area contributed by atoms with Crippen LogP contribution in [-0.4, -0.2) is 10.9 Å². The number of halogens is 1. The number of fused-ring (bicyclic) bond motifs is 1. The summed E-state index contributed by atoms with van der Waals surface area (Å²) in [6, 6.07) is 14.5. The third-order valence-electron chi connectivity index (χ3n) is 3.84. The number of thioether (sulfide) groups is 1. The zero-order valence-corrected chi connectivity index (χ0v) is 13.3. The summed E-state index contributed by atoms with van der Waals surface area (Å²) in [7, 11) is 0. The van der Waals surface area contributed by atoms with E-state index in [0.717, 1.165) is 34.9 Å². The van der Waals surface area contributed by atoms with Gasteiger partial charge in [-0.2, -0.15) is 0 Å². The molecule has 0 aliphatic carbocycles. The highest BCUT2D eigenvalue weighted by atomic mass is 35.5. The average molecular weight is 320 g/mol. The van der Waals surface area contributed by atoms with Gasteiger partial charge >= 0.3 is 0 Å². The molecule has 1 aliphatic heterocycles. The average Bonchev–Trinajstić information content (AvgIpc) is 2.53. The first-order valence-corrected chi connectivity index (χ1v) is 8.47. The Bertz CT molecular complexity index is 632. The van der Waals surface area contributed by atoms with E-state index in [1.165, 1.54) is 10.5 Å². The molecule has 21 heavy (non-hydrogen) atoms. The summed E-state index contributed by atoms with van der Waals surface area (Å²) in [4.78, 5) is 1.32. The number of hydrogen-bond acceptors (Lipinski definition) is 3. The molecular formula is C17H18ClNOS. The fourth-order valence-electron chi connectivity index (χ4n) is 2.69. The van der Waals surface area contributed by atoms with Gasteiger partial charge in [0.1, 0.15) is 0 Å². The predicted octanol–water partition coefficient (Wildman–Crippen LogP) is 4.16. The van der Waals surface area contributed by atoms with Crippen molar-refractivity contribution in [3.8, 4) is 0 Å². The second-order valence-corrected chi connectivity index (χ2v) is 6.75. The normalized spacial score (nSPS) is 17.5. The van der Waals surface area contributed by atoms with Crippen molar-refractivity contribution in [1.29, 1.82) is 0 Å². The Labute approximate surface area is 134 Å². The van der Waals surface area contributed by atoms with Gasteiger partial charge in [-0.3, -0.25) is 0 Å². The zero-order valence-electron chi connectivity index (χ0n) is 11.7. The Morgan fingerprint density at radius 1 is 1.19 bits per heavy atom. The van der Waals surface area contributed by atoms with E-state index in [1.807, 2.05) is 36.0 Å². The van der Waals surface area contributed by atoms with E-state index < -0.39 is 0 Å². The number of hydrogen-bond donors (Lipinski definition) is 2. The number of aliphatic hydroxyl groups excluding tert-OH is 1. The van der Waals surface area contributed by atoms with Crippen molar-refractivity contribution in [2.75, 3.05) is 5.75 Å². The molecule has 4 heteroatoms. The van der Waals surface area contributed by atoms with E-state index in [9.17, 15) is 5.11 Å². The SMILES string of the molecule is OCc1ccccc1CNC1CCSc2ccc(Cl)cc21. The standard InChI is InChI=1S/C17H18ClNOS/c18-14-5-6-17-15(9-14)16(7-8-21-17)19-10-12-3-1-2-4-13(12)11-20/h1-6,9,16,19-20H,7-8,10-11H2. The molecule has 1 atom stereocenters. The van der Waals surface area contributed by atoms with Gasteiger partial charge in [-0.05, 0) is 47.1 Å². The zero-order chi connectivity index (χ0) is 14.7. The van der Waals surface area contributed by atoms with E-state index in [4.69, 9.17) is 11.6 Å². The summed E-state index contributed by atoms with van der Waals surface area (Å²) in [5, 5.41) is 13.8. The second-order valence-electron chi connectivity index (χ2n) is 5.18. The molecule has 3 rings (SSSR count). The van der Waals surface area contributed by atoms with Crippen molar-refractivity contribution in [2.45, 2.75) is 30.5 Å². The van der Waals surface area contributed by atoms with Crippen molar-refractivity contribution < 1.29 is 5.11 Å². The highest BCUT2D eigenvalue weighted by Gasteiger charge is 2.20. The summed E-state index contributed by atoms with van der Waals surface area (Å²) < 4.78 is 0. The molecule has 0 amide bonds. The topological polar surface area (TPSA) is 32.3 Å². The van der Waals surface area contributed by atoms with Gasteiger partial charge in [-0.25, -0.2) is 0 Å². The van der Waals surface area contributed by atoms with Crippen molar-refractivity contribution in [3.63, 3.8) is 0 Å². The van der Waals surface area contributed by atoms with E-state index >= 15 is 0 Å². The van der Waals surface area contributed by atoms with Crippen LogP contribution in [0.5, 0.6) is 0 Å². The van der Waals surface area contributed by atoms with Crippen molar-refractivity contribution in [2.24, 2.45) is 0 Å². The molecule has 0 fully saturated rings. The van der Waals surface area contributed by atoms with Gasteiger partial charge in [0.15, 0.2) is 0 Å². The lowest BCUT2D eigenvalue weighted by Gasteiger charge is -2.26. The molecule has 0 radical (unpaired) electrons. The lowest BCUT2D eigenvalue weighted by molar-refractivity contribution is 0.280. The minimum atomic E-state index is 0.0841. The Morgan fingerprint density at radius 2 is 2.00 bits per heavy atom. The van der Waals surface area contributed by atoms with E-state index in [2.05, 4.69) is 23.5 Å². The molecule has 0 saturated carbocycles. The van der Waals surface area contributed by atoms with Crippen LogP contribution in [0.3, 0.4) is 0 Å². The molecule has 2 aromatic carbocycles. The van der Waals surface area contributed by atoms with E-state index in [1.54, 1.807) is 0 Å². The highest BCUT2D eigenvalue weighted by molar-refractivity contribution is 7.99. The molecule has 0 saturated heterocycles. The summed E-state index contributed by atoms with van der Waals surface area (Å²) >= 11 is 8.03. The van der Waals surface area contributed by atoms with Crippen LogP contribution < -0.4 is 5.32 Å². The first kappa shape index (κ1) is 14.9. The molecule has 0 bridgehead atoms. The van der Waals surface area contributed by atoms with Crippen LogP contribution in [0.4, 0.5) is 0 Å². The Balaban J connectivity index is 1.76. The van der Waals surface area contributed by atoms with Crippen LogP contribution in [0.1, 0.15) is 29.2 Å². The smallest absolute Gasteiger partial charge is 0.0685 e. The molecule has 2 N–H and O–H groups in total. The fraction of sp³-hybridized carbons (Fsp3) is 0.294. The van der Waals surface area contributed by atoms with Crippen LogP contribution in [0.15, 0.2) is 47.4 Å². The van der Waals surface area contributed by atoms with Gasteiger partial charge in [-0.15, -0.1) is 11.8 Å². The molecule has 0 spiro atoms. The molecule has 2 aromatic rings. The fourth-order valence-corrected chi connectivity index (χ4v) is 3.98. The van der Waals surface area contributed by atoms with E-state index in [-0.39, 0.29) is 6.61 Å². The van der Waals surface area contributed by atoms with Crippen LogP contribution in [0.25, 0.3) is 0 Å². The minimum Gasteiger partial charge on any atom is -0.392 e. The highest BCUT2D eigenvalue weighted by Crippen LogP contribution is 2.37.